The highest BCUT2D eigenvalue weighted by molar-refractivity contribution is 5.92. The van der Waals surface area contributed by atoms with E-state index in [1.54, 1.807) is 6.08 Å². The second kappa shape index (κ2) is 11.7. The number of carbonyl (C=O) groups is 3. The minimum atomic E-state index is -1.06. The van der Waals surface area contributed by atoms with E-state index in [0.717, 1.165) is 19.3 Å². The van der Waals surface area contributed by atoms with Crippen molar-refractivity contribution in [1.29, 1.82) is 0 Å². The van der Waals surface area contributed by atoms with Crippen LogP contribution in [0.15, 0.2) is 24.3 Å². The van der Waals surface area contributed by atoms with Gasteiger partial charge in [0.05, 0.1) is 6.10 Å². The van der Waals surface area contributed by atoms with Gasteiger partial charge in [-0.3, -0.25) is 9.59 Å². The summed E-state index contributed by atoms with van der Waals surface area (Å²) < 4.78 is 0. The monoisotopic (exact) mass is 349 g/mol. The fraction of sp³-hybridized carbons (Fsp3) is 0.650. The lowest BCUT2D eigenvalue weighted by molar-refractivity contribution is -0.305. The number of carboxylic acids is 1. The first kappa shape index (κ1) is 21.3. The van der Waals surface area contributed by atoms with Crippen LogP contribution >= 0.6 is 0 Å². The van der Waals surface area contributed by atoms with Gasteiger partial charge in [0.1, 0.15) is 5.78 Å². The highest BCUT2D eigenvalue weighted by atomic mass is 16.4. The van der Waals surface area contributed by atoms with E-state index < -0.39 is 18.0 Å². The molecule has 0 amide bonds. The molecule has 0 spiro atoms. The molecule has 1 fully saturated rings. The molecule has 1 saturated carbocycles. The van der Waals surface area contributed by atoms with Crippen molar-refractivity contribution < 1.29 is 24.6 Å². The lowest BCUT2D eigenvalue weighted by Gasteiger charge is -2.16. The summed E-state index contributed by atoms with van der Waals surface area (Å²) in [6.07, 6.45) is 11.5. The summed E-state index contributed by atoms with van der Waals surface area (Å²) in [6, 6.07) is 0. The molecule has 0 aromatic carbocycles. The van der Waals surface area contributed by atoms with Gasteiger partial charge >= 0.3 is 0 Å². The van der Waals surface area contributed by atoms with Crippen molar-refractivity contribution in [2.75, 3.05) is 0 Å². The van der Waals surface area contributed by atoms with E-state index >= 15 is 0 Å². The summed E-state index contributed by atoms with van der Waals surface area (Å²) in [5.41, 5.74) is 0. The van der Waals surface area contributed by atoms with Crippen LogP contribution in [0.25, 0.3) is 0 Å². The van der Waals surface area contributed by atoms with Crippen molar-refractivity contribution in [3.05, 3.63) is 24.3 Å². The van der Waals surface area contributed by atoms with Gasteiger partial charge in [-0.25, -0.2) is 0 Å². The van der Waals surface area contributed by atoms with Gasteiger partial charge < -0.3 is 15.0 Å². The Bertz CT molecular complexity index is 506. The lowest BCUT2D eigenvalue weighted by Crippen LogP contribution is -2.21. The Labute approximate surface area is 149 Å². The molecule has 1 rings (SSSR count). The number of carbonyl (C=O) groups excluding carboxylic acids is 3. The molecule has 0 heterocycles. The average Bonchev–Trinajstić information content (AvgIpc) is 2.82. The van der Waals surface area contributed by atoms with Crippen LogP contribution in [0.3, 0.4) is 0 Å². The predicted octanol–water partition coefficient (Wildman–Crippen LogP) is 2.12. The molecule has 5 heteroatoms. The van der Waals surface area contributed by atoms with E-state index in [1.807, 2.05) is 12.2 Å². The van der Waals surface area contributed by atoms with Crippen LogP contribution in [0.5, 0.6) is 0 Å². The van der Waals surface area contributed by atoms with Crippen molar-refractivity contribution in [1.82, 2.24) is 0 Å². The highest BCUT2D eigenvalue weighted by Crippen LogP contribution is 2.33. The minimum absolute atomic E-state index is 0.0270. The molecule has 0 aromatic rings. The molecule has 0 aromatic heterocycles. The van der Waals surface area contributed by atoms with Gasteiger partial charge in [-0.05, 0) is 38.2 Å². The molecule has 0 aliphatic heterocycles. The van der Waals surface area contributed by atoms with E-state index in [9.17, 15) is 24.6 Å². The number of hydrogen-bond donors (Lipinski definition) is 1. The summed E-state index contributed by atoms with van der Waals surface area (Å²) in [6.45, 7) is 2.08. The normalized spacial score (nSPS) is 23.8. The van der Waals surface area contributed by atoms with E-state index in [2.05, 4.69) is 6.92 Å². The SMILES string of the molecule is CCCCCC(=O)/C=C/[C@H]1C(=O)C[C@H](O)[C@@H]1C/C=C\CCCC(=O)[O-]. The fourth-order valence-corrected chi connectivity index (χ4v) is 3.10. The maximum absolute atomic E-state index is 12.1. The number of aliphatic hydroxyl groups is 1. The number of hydrogen-bond acceptors (Lipinski definition) is 5. The molecule has 0 saturated heterocycles. The van der Waals surface area contributed by atoms with Crippen LogP contribution in [0.1, 0.15) is 64.7 Å². The number of unbranched alkanes of at least 4 members (excludes halogenated alkanes) is 3. The van der Waals surface area contributed by atoms with Crippen molar-refractivity contribution in [2.45, 2.75) is 70.8 Å². The molecular formula is C20H29O5-. The number of aliphatic carboxylic acids is 1. The Morgan fingerprint density at radius 3 is 2.64 bits per heavy atom. The zero-order valence-corrected chi connectivity index (χ0v) is 15.0. The zero-order chi connectivity index (χ0) is 18.7. The maximum Gasteiger partial charge on any atom is 0.155 e. The van der Waals surface area contributed by atoms with Crippen molar-refractivity contribution in [3.8, 4) is 0 Å². The Morgan fingerprint density at radius 1 is 1.20 bits per heavy atom. The number of ketones is 2. The smallest absolute Gasteiger partial charge is 0.155 e. The van der Waals surface area contributed by atoms with Crippen LogP contribution in [-0.2, 0) is 14.4 Å². The first-order valence-electron chi connectivity index (χ1n) is 9.22. The van der Waals surface area contributed by atoms with E-state index in [4.69, 9.17) is 0 Å². The van der Waals surface area contributed by atoms with Crippen LogP contribution in [-0.4, -0.2) is 28.7 Å². The second-order valence-electron chi connectivity index (χ2n) is 6.68. The molecule has 0 bridgehead atoms. The molecule has 1 aliphatic rings. The Balaban J connectivity index is 2.49. The number of carboxylic acid groups (broad SMARTS) is 1. The first-order chi connectivity index (χ1) is 12.0. The molecule has 1 aliphatic carbocycles. The lowest BCUT2D eigenvalue weighted by atomic mass is 9.90. The quantitative estimate of drug-likeness (QED) is 0.331. The van der Waals surface area contributed by atoms with Crippen LogP contribution < -0.4 is 5.11 Å². The maximum atomic E-state index is 12.1. The second-order valence-corrected chi connectivity index (χ2v) is 6.68. The van der Waals surface area contributed by atoms with Crippen LogP contribution in [0.2, 0.25) is 0 Å². The van der Waals surface area contributed by atoms with Crippen molar-refractivity contribution in [3.63, 3.8) is 0 Å². The van der Waals surface area contributed by atoms with Gasteiger partial charge in [0.2, 0.25) is 0 Å². The average molecular weight is 349 g/mol. The number of aliphatic hydroxyl groups excluding tert-OH is 1. The van der Waals surface area contributed by atoms with E-state index in [-0.39, 0.29) is 30.3 Å². The predicted molar refractivity (Wildman–Crippen MR) is 93.5 cm³/mol. The topological polar surface area (TPSA) is 94.5 Å². The fourth-order valence-electron chi connectivity index (χ4n) is 3.10. The third kappa shape index (κ3) is 8.25. The minimum Gasteiger partial charge on any atom is -0.550 e. The molecule has 25 heavy (non-hydrogen) atoms. The van der Waals surface area contributed by atoms with Crippen molar-refractivity contribution in [2.24, 2.45) is 11.8 Å². The van der Waals surface area contributed by atoms with Gasteiger partial charge in [0.25, 0.3) is 0 Å². The Morgan fingerprint density at radius 2 is 1.96 bits per heavy atom. The molecule has 0 radical (unpaired) electrons. The van der Waals surface area contributed by atoms with Gasteiger partial charge in [0.15, 0.2) is 5.78 Å². The third-order valence-corrected chi connectivity index (χ3v) is 4.58. The standard InChI is InChI=1S/C20H30O5/c1-2-3-6-9-15(21)12-13-17-16(18(22)14-19(17)23)10-7-4-5-8-11-20(24)25/h4,7,12-13,16-18,22H,2-3,5-6,8-11,14H2,1H3,(H,24,25)/p-1/b7-4-,13-12+/t16-,17-,18+/m1/s1. The van der Waals surface area contributed by atoms with E-state index in [0.29, 0.717) is 25.7 Å². The van der Waals surface area contributed by atoms with Gasteiger partial charge in [-0.2, -0.15) is 0 Å². The molecule has 3 atom stereocenters. The van der Waals surface area contributed by atoms with Crippen molar-refractivity contribution >= 4 is 17.5 Å². The molecule has 0 unspecified atom stereocenters. The largest absolute Gasteiger partial charge is 0.550 e. The number of rotatable bonds is 12. The van der Waals surface area contributed by atoms with Gasteiger partial charge in [0, 0.05) is 30.6 Å². The van der Waals surface area contributed by atoms with Crippen LogP contribution in [0, 0.1) is 11.8 Å². The number of Topliss-reactive ketones (excluding diaryl/α,β-unsaturated/α-hetero) is 1. The molecule has 140 valence electrons. The third-order valence-electron chi connectivity index (χ3n) is 4.58. The van der Waals surface area contributed by atoms with Gasteiger partial charge in [-0.1, -0.05) is 38.0 Å². The Kier molecular flexibility index (Phi) is 10.0. The summed E-state index contributed by atoms with van der Waals surface area (Å²) in [5.74, 6) is -1.69. The molecular weight excluding hydrogens is 320 g/mol. The first-order valence-corrected chi connectivity index (χ1v) is 9.22. The highest BCUT2D eigenvalue weighted by Gasteiger charge is 2.39. The number of allylic oxidation sites excluding steroid dienone is 4. The summed E-state index contributed by atoms with van der Waals surface area (Å²) in [5, 5.41) is 20.4. The zero-order valence-electron chi connectivity index (χ0n) is 15.0. The summed E-state index contributed by atoms with van der Waals surface area (Å²) in [4.78, 5) is 34.2. The molecule has 1 N–H and O–H groups in total. The van der Waals surface area contributed by atoms with Crippen LogP contribution in [0.4, 0.5) is 0 Å². The van der Waals surface area contributed by atoms with E-state index in [1.165, 1.54) is 6.08 Å². The molecule has 5 nitrogen and oxygen atoms in total. The Hall–Kier alpha value is -1.75. The summed E-state index contributed by atoms with van der Waals surface area (Å²) in [7, 11) is 0. The van der Waals surface area contributed by atoms with Gasteiger partial charge in [-0.15, -0.1) is 0 Å². The summed E-state index contributed by atoms with van der Waals surface area (Å²) >= 11 is 0.